The first kappa shape index (κ1) is 23.1. The van der Waals surface area contributed by atoms with Crippen molar-refractivity contribution in [2.75, 3.05) is 13.1 Å². The molecule has 0 aliphatic carbocycles. The number of benzene rings is 3. The molecule has 4 aromatic rings. The van der Waals surface area contributed by atoms with Gasteiger partial charge in [0.2, 0.25) is 5.91 Å². The highest BCUT2D eigenvalue weighted by atomic mass is 32.2. The number of aromatic nitrogens is 3. The van der Waals surface area contributed by atoms with Crippen LogP contribution in [0.1, 0.15) is 29.5 Å². The quantitative estimate of drug-likeness (QED) is 0.309. The van der Waals surface area contributed by atoms with E-state index < -0.39 is 11.1 Å². The van der Waals surface area contributed by atoms with Crippen molar-refractivity contribution in [3.63, 3.8) is 0 Å². The van der Waals surface area contributed by atoms with E-state index >= 15 is 0 Å². The summed E-state index contributed by atoms with van der Waals surface area (Å²) in [6.07, 6.45) is 2.05. The van der Waals surface area contributed by atoms with Crippen LogP contribution in [-0.4, -0.2) is 38.7 Å². The summed E-state index contributed by atoms with van der Waals surface area (Å²) < 4.78 is 21.7. The molecule has 0 N–H and O–H groups in total. The van der Waals surface area contributed by atoms with Gasteiger partial charge in [-0.1, -0.05) is 72.4 Å². The number of hydrogen-bond donors (Lipinski definition) is 0. The standard InChI is InChI=1S/C27H25FN4O2S/c28-22-15-7-8-16-23(22)34-19-24-29-30-27(32(24)21-13-5-2-6-14-21)35-25(20-11-3-1-4-12-20)26(33)31-17-9-10-18-31/h1-8,11-16,25H,9-10,17-19H2/t25-/m1/s1. The van der Waals surface area contributed by atoms with Crippen LogP contribution >= 0.6 is 11.8 Å². The van der Waals surface area contributed by atoms with Crippen LogP contribution in [0.2, 0.25) is 0 Å². The molecule has 2 heterocycles. The summed E-state index contributed by atoms with van der Waals surface area (Å²) in [5.41, 5.74) is 1.76. The zero-order chi connectivity index (χ0) is 24.0. The second-order valence-corrected chi connectivity index (χ2v) is 9.30. The number of amides is 1. The molecule has 1 amide bonds. The fourth-order valence-electron chi connectivity index (χ4n) is 4.11. The Balaban J connectivity index is 1.49. The topological polar surface area (TPSA) is 60.2 Å². The summed E-state index contributed by atoms with van der Waals surface area (Å²) in [6.45, 7) is 1.57. The molecule has 178 valence electrons. The number of rotatable bonds is 8. The molecule has 6 nitrogen and oxygen atoms in total. The summed E-state index contributed by atoms with van der Waals surface area (Å²) >= 11 is 1.37. The Morgan fingerprint density at radius 3 is 2.29 bits per heavy atom. The third-order valence-corrected chi connectivity index (χ3v) is 7.06. The Morgan fingerprint density at radius 2 is 1.57 bits per heavy atom. The smallest absolute Gasteiger partial charge is 0.240 e. The Kier molecular flexibility index (Phi) is 7.09. The van der Waals surface area contributed by atoms with Crippen molar-refractivity contribution in [3.05, 3.63) is 102 Å². The molecule has 5 rings (SSSR count). The van der Waals surface area contributed by atoms with E-state index in [-0.39, 0.29) is 18.3 Å². The maximum Gasteiger partial charge on any atom is 0.240 e. The maximum absolute atomic E-state index is 14.1. The molecule has 0 saturated carbocycles. The van der Waals surface area contributed by atoms with E-state index in [0.29, 0.717) is 11.0 Å². The second kappa shape index (κ2) is 10.7. The van der Waals surface area contributed by atoms with Crippen LogP contribution in [0.25, 0.3) is 5.69 Å². The highest BCUT2D eigenvalue weighted by Gasteiger charge is 2.31. The number of carbonyl (C=O) groups excluding carboxylic acids is 1. The third-order valence-electron chi connectivity index (χ3n) is 5.88. The molecule has 0 radical (unpaired) electrons. The monoisotopic (exact) mass is 488 g/mol. The van der Waals surface area contributed by atoms with Crippen molar-refractivity contribution < 1.29 is 13.9 Å². The molecule has 1 aliphatic rings. The van der Waals surface area contributed by atoms with Crippen molar-refractivity contribution in [1.82, 2.24) is 19.7 Å². The van der Waals surface area contributed by atoms with Crippen LogP contribution in [-0.2, 0) is 11.4 Å². The zero-order valence-corrected chi connectivity index (χ0v) is 19.9. The molecular weight excluding hydrogens is 463 g/mol. The number of para-hydroxylation sites is 2. The van der Waals surface area contributed by atoms with Gasteiger partial charge in [-0.25, -0.2) is 4.39 Å². The van der Waals surface area contributed by atoms with Crippen LogP contribution in [0.3, 0.4) is 0 Å². The molecule has 35 heavy (non-hydrogen) atoms. The Labute approximate surface area is 207 Å². The van der Waals surface area contributed by atoms with Gasteiger partial charge in [0.05, 0.1) is 0 Å². The summed E-state index contributed by atoms with van der Waals surface area (Å²) in [4.78, 5) is 15.5. The largest absolute Gasteiger partial charge is 0.483 e. The first-order chi connectivity index (χ1) is 17.2. The summed E-state index contributed by atoms with van der Waals surface area (Å²) in [6, 6.07) is 25.7. The van der Waals surface area contributed by atoms with Crippen molar-refractivity contribution in [3.8, 4) is 11.4 Å². The molecule has 1 aromatic heterocycles. The van der Waals surface area contributed by atoms with E-state index in [1.165, 1.54) is 17.8 Å². The van der Waals surface area contributed by atoms with E-state index in [1.54, 1.807) is 18.2 Å². The molecule has 1 atom stereocenters. The lowest BCUT2D eigenvalue weighted by atomic mass is 10.1. The first-order valence-corrected chi connectivity index (χ1v) is 12.5. The lowest BCUT2D eigenvalue weighted by Gasteiger charge is -2.23. The summed E-state index contributed by atoms with van der Waals surface area (Å²) in [7, 11) is 0. The minimum Gasteiger partial charge on any atom is -0.483 e. The van der Waals surface area contributed by atoms with Crippen LogP contribution in [0.4, 0.5) is 4.39 Å². The SMILES string of the molecule is O=C([C@H](Sc1nnc(COc2ccccc2F)n1-c1ccccc1)c1ccccc1)N1CCCC1. The molecule has 0 spiro atoms. The molecule has 8 heteroatoms. The van der Waals surface area contributed by atoms with E-state index in [2.05, 4.69) is 10.2 Å². The molecule has 1 aliphatic heterocycles. The number of nitrogens with zero attached hydrogens (tertiary/aromatic N) is 4. The van der Waals surface area contributed by atoms with Gasteiger partial charge in [-0.05, 0) is 42.7 Å². The number of hydrogen-bond acceptors (Lipinski definition) is 5. The predicted octanol–water partition coefficient (Wildman–Crippen LogP) is 5.44. The number of ether oxygens (including phenoxy) is 1. The van der Waals surface area contributed by atoms with Gasteiger partial charge in [-0.2, -0.15) is 0 Å². The predicted molar refractivity (Wildman–Crippen MR) is 133 cm³/mol. The van der Waals surface area contributed by atoms with Gasteiger partial charge in [0, 0.05) is 18.8 Å². The molecule has 0 unspecified atom stereocenters. The van der Waals surface area contributed by atoms with Crippen molar-refractivity contribution >= 4 is 17.7 Å². The van der Waals surface area contributed by atoms with E-state index in [4.69, 9.17) is 4.74 Å². The zero-order valence-electron chi connectivity index (χ0n) is 19.1. The normalized spacial score (nSPS) is 14.1. The molecule has 3 aromatic carbocycles. The van der Waals surface area contributed by atoms with Gasteiger partial charge in [-0.15, -0.1) is 10.2 Å². The van der Waals surface area contributed by atoms with Gasteiger partial charge in [0.15, 0.2) is 22.5 Å². The van der Waals surface area contributed by atoms with E-state index in [0.717, 1.165) is 37.2 Å². The fraction of sp³-hybridized carbons (Fsp3) is 0.222. The van der Waals surface area contributed by atoms with Gasteiger partial charge in [-0.3, -0.25) is 9.36 Å². The number of likely N-dealkylation sites (tertiary alicyclic amines) is 1. The Morgan fingerprint density at radius 1 is 0.914 bits per heavy atom. The number of carbonyl (C=O) groups is 1. The molecule has 0 bridgehead atoms. The summed E-state index contributed by atoms with van der Waals surface area (Å²) in [5, 5.41) is 8.91. The van der Waals surface area contributed by atoms with Gasteiger partial charge < -0.3 is 9.64 Å². The number of halogens is 1. The minimum absolute atomic E-state index is 0.0272. The fourth-order valence-corrected chi connectivity index (χ4v) is 5.27. The maximum atomic E-state index is 14.1. The average molecular weight is 489 g/mol. The highest BCUT2D eigenvalue weighted by molar-refractivity contribution is 8.00. The first-order valence-electron chi connectivity index (χ1n) is 11.6. The third kappa shape index (κ3) is 5.22. The highest BCUT2D eigenvalue weighted by Crippen LogP contribution is 2.38. The van der Waals surface area contributed by atoms with Crippen LogP contribution in [0.5, 0.6) is 5.75 Å². The minimum atomic E-state index is -0.457. The van der Waals surface area contributed by atoms with Gasteiger partial charge in [0.25, 0.3) is 0 Å². The Hall–Kier alpha value is -3.65. The van der Waals surface area contributed by atoms with Crippen molar-refractivity contribution in [2.45, 2.75) is 29.9 Å². The van der Waals surface area contributed by atoms with Gasteiger partial charge in [0.1, 0.15) is 11.9 Å². The van der Waals surface area contributed by atoms with Crippen LogP contribution in [0, 0.1) is 5.82 Å². The Bertz CT molecular complexity index is 1280. The molecule has 1 fully saturated rings. The number of thioether (sulfide) groups is 1. The molecular formula is C27H25FN4O2S. The summed E-state index contributed by atoms with van der Waals surface area (Å²) in [5.74, 6) is 0.303. The second-order valence-electron chi connectivity index (χ2n) is 8.23. The van der Waals surface area contributed by atoms with Crippen LogP contribution in [0.15, 0.2) is 90.1 Å². The van der Waals surface area contributed by atoms with E-state index in [9.17, 15) is 9.18 Å². The lowest BCUT2D eigenvalue weighted by Crippen LogP contribution is -2.31. The average Bonchev–Trinajstić information content (AvgIpc) is 3.58. The van der Waals surface area contributed by atoms with Gasteiger partial charge >= 0.3 is 0 Å². The van der Waals surface area contributed by atoms with Crippen molar-refractivity contribution in [2.24, 2.45) is 0 Å². The molecule has 1 saturated heterocycles. The van der Waals surface area contributed by atoms with Crippen molar-refractivity contribution in [1.29, 1.82) is 0 Å². The van der Waals surface area contributed by atoms with Crippen LogP contribution < -0.4 is 4.74 Å². The lowest BCUT2D eigenvalue weighted by molar-refractivity contribution is -0.129. The van der Waals surface area contributed by atoms with E-state index in [1.807, 2.05) is 70.1 Å².